The summed E-state index contributed by atoms with van der Waals surface area (Å²) in [4.78, 5) is 28.5. The quantitative estimate of drug-likeness (QED) is 0.844. The first-order valence-electron chi connectivity index (χ1n) is 8.70. The van der Waals surface area contributed by atoms with E-state index in [-0.39, 0.29) is 34.9 Å². The summed E-state index contributed by atoms with van der Waals surface area (Å²) in [5, 5.41) is 3.11. The highest BCUT2D eigenvalue weighted by atomic mass is 16.2. The molecule has 2 aliphatic heterocycles. The average molecular weight is 323 g/mol. The SMILES string of the molecule is CN1C[C@@H](NC(=O)[C@@H]2CC(C(C)(C)C)CN2C(C)(C)C)CC1=O. The molecule has 132 valence electrons. The number of nitrogens with zero attached hydrogens (tertiary/aromatic N) is 2. The second kappa shape index (κ2) is 6.08. The van der Waals surface area contributed by atoms with Crippen molar-refractivity contribution in [2.24, 2.45) is 11.3 Å². The van der Waals surface area contributed by atoms with Crippen LogP contribution < -0.4 is 5.32 Å². The lowest BCUT2D eigenvalue weighted by Gasteiger charge is -2.37. The first-order chi connectivity index (χ1) is 10.4. The minimum atomic E-state index is -0.0970. The van der Waals surface area contributed by atoms with Crippen LogP contribution in [0.1, 0.15) is 54.4 Å². The molecule has 0 spiro atoms. The molecule has 0 aliphatic carbocycles. The van der Waals surface area contributed by atoms with Crippen LogP contribution >= 0.6 is 0 Å². The second-order valence-corrected chi connectivity index (χ2v) is 9.32. The Hall–Kier alpha value is -1.10. The fraction of sp³-hybridized carbons (Fsp3) is 0.889. The summed E-state index contributed by atoms with van der Waals surface area (Å²) >= 11 is 0. The molecule has 5 nitrogen and oxygen atoms in total. The molecule has 1 unspecified atom stereocenters. The molecule has 3 atom stereocenters. The smallest absolute Gasteiger partial charge is 0.237 e. The Labute approximate surface area is 140 Å². The minimum Gasteiger partial charge on any atom is -0.350 e. The van der Waals surface area contributed by atoms with E-state index in [4.69, 9.17) is 0 Å². The Morgan fingerprint density at radius 3 is 2.17 bits per heavy atom. The van der Waals surface area contributed by atoms with Crippen LogP contribution in [-0.2, 0) is 9.59 Å². The molecule has 0 saturated carbocycles. The van der Waals surface area contributed by atoms with Gasteiger partial charge in [0.25, 0.3) is 0 Å². The van der Waals surface area contributed by atoms with Crippen molar-refractivity contribution in [2.75, 3.05) is 20.1 Å². The van der Waals surface area contributed by atoms with Crippen LogP contribution in [0.3, 0.4) is 0 Å². The third-order valence-corrected chi connectivity index (χ3v) is 5.38. The number of hydrogen-bond acceptors (Lipinski definition) is 3. The van der Waals surface area contributed by atoms with Crippen molar-refractivity contribution in [1.29, 1.82) is 0 Å². The van der Waals surface area contributed by atoms with Crippen molar-refractivity contribution in [3.05, 3.63) is 0 Å². The van der Waals surface area contributed by atoms with Crippen LogP contribution in [0.25, 0.3) is 0 Å². The Morgan fingerprint density at radius 2 is 1.74 bits per heavy atom. The lowest BCUT2D eigenvalue weighted by atomic mass is 9.79. The van der Waals surface area contributed by atoms with E-state index in [1.807, 2.05) is 0 Å². The van der Waals surface area contributed by atoms with Crippen molar-refractivity contribution in [3.8, 4) is 0 Å². The Balaban J connectivity index is 2.08. The molecule has 2 rings (SSSR count). The Kier molecular flexibility index (Phi) is 4.82. The predicted molar refractivity (Wildman–Crippen MR) is 92.0 cm³/mol. The van der Waals surface area contributed by atoms with Gasteiger partial charge in [0.2, 0.25) is 11.8 Å². The highest BCUT2D eigenvalue weighted by Gasteiger charge is 2.45. The summed E-state index contributed by atoms with van der Waals surface area (Å²) in [5.74, 6) is 0.701. The maximum Gasteiger partial charge on any atom is 0.237 e. The van der Waals surface area contributed by atoms with E-state index in [9.17, 15) is 9.59 Å². The van der Waals surface area contributed by atoms with Crippen molar-refractivity contribution in [2.45, 2.75) is 72.0 Å². The van der Waals surface area contributed by atoms with Crippen molar-refractivity contribution >= 4 is 11.8 Å². The molecule has 23 heavy (non-hydrogen) atoms. The van der Waals surface area contributed by atoms with E-state index in [0.717, 1.165) is 13.0 Å². The van der Waals surface area contributed by atoms with Crippen LogP contribution in [0, 0.1) is 11.3 Å². The predicted octanol–water partition coefficient (Wildman–Crippen LogP) is 1.87. The molecule has 2 heterocycles. The Morgan fingerprint density at radius 1 is 1.13 bits per heavy atom. The lowest BCUT2D eigenvalue weighted by molar-refractivity contribution is -0.127. The first kappa shape index (κ1) is 18.2. The molecule has 0 aromatic heterocycles. The van der Waals surface area contributed by atoms with Gasteiger partial charge in [0.15, 0.2) is 0 Å². The zero-order valence-corrected chi connectivity index (χ0v) is 15.8. The van der Waals surface area contributed by atoms with Crippen molar-refractivity contribution in [3.63, 3.8) is 0 Å². The number of likely N-dealkylation sites (tertiary alicyclic amines) is 2. The molecule has 0 radical (unpaired) electrons. The maximum absolute atomic E-state index is 12.9. The van der Waals surface area contributed by atoms with Crippen LogP contribution in [0.4, 0.5) is 0 Å². The fourth-order valence-electron chi connectivity index (χ4n) is 3.71. The van der Waals surface area contributed by atoms with Gasteiger partial charge in [-0.1, -0.05) is 20.8 Å². The molecule has 2 aliphatic rings. The molecule has 0 bridgehead atoms. The molecule has 2 fully saturated rings. The summed E-state index contributed by atoms with van der Waals surface area (Å²) in [7, 11) is 1.79. The van der Waals surface area contributed by atoms with Crippen LogP contribution in [0.15, 0.2) is 0 Å². The van der Waals surface area contributed by atoms with E-state index < -0.39 is 0 Å². The van der Waals surface area contributed by atoms with Crippen molar-refractivity contribution in [1.82, 2.24) is 15.1 Å². The van der Waals surface area contributed by atoms with Crippen LogP contribution in [-0.4, -0.2) is 59.4 Å². The zero-order chi connectivity index (χ0) is 17.6. The molecule has 0 aromatic rings. The third kappa shape index (κ3) is 4.06. The molecule has 1 N–H and O–H groups in total. The van der Waals surface area contributed by atoms with Crippen molar-refractivity contribution < 1.29 is 9.59 Å². The summed E-state index contributed by atoms with van der Waals surface area (Å²) in [6, 6.07) is -0.143. The van der Waals surface area contributed by atoms with Gasteiger partial charge in [0.1, 0.15) is 0 Å². The molecule has 2 amide bonds. The lowest BCUT2D eigenvalue weighted by Crippen LogP contribution is -2.53. The summed E-state index contributed by atoms with van der Waals surface area (Å²) in [6.45, 7) is 14.8. The van der Waals surface area contributed by atoms with Gasteiger partial charge in [-0.15, -0.1) is 0 Å². The monoisotopic (exact) mass is 323 g/mol. The number of carbonyl (C=O) groups excluding carboxylic acids is 2. The van der Waals surface area contributed by atoms with Gasteiger partial charge in [0.05, 0.1) is 12.1 Å². The molecule has 2 saturated heterocycles. The maximum atomic E-state index is 12.9. The number of nitrogens with one attached hydrogen (secondary N) is 1. The van der Waals surface area contributed by atoms with E-state index in [1.165, 1.54) is 0 Å². The summed E-state index contributed by atoms with van der Waals surface area (Å²) < 4.78 is 0. The first-order valence-corrected chi connectivity index (χ1v) is 8.70. The van der Waals surface area contributed by atoms with Crippen LogP contribution in [0.2, 0.25) is 0 Å². The summed E-state index contributed by atoms with van der Waals surface area (Å²) in [6.07, 6.45) is 1.32. The fourth-order valence-corrected chi connectivity index (χ4v) is 3.71. The number of rotatable bonds is 2. The molecular formula is C18H33N3O2. The largest absolute Gasteiger partial charge is 0.350 e. The molecule has 5 heteroatoms. The topological polar surface area (TPSA) is 52.7 Å². The standard InChI is InChI=1S/C18H33N3O2/c1-17(2,3)12-8-14(21(10-12)18(4,5)6)16(23)19-13-9-15(22)20(7)11-13/h12-14H,8-11H2,1-7H3,(H,19,23)/t12?,13-,14-/m0/s1. The van der Waals surface area contributed by atoms with E-state index >= 15 is 0 Å². The number of carbonyl (C=O) groups is 2. The van der Waals surface area contributed by atoms with Gasteiger partial charge in [-0.25, -0.2) is 0 Å². The summed E-state index contributed by atoms with van der Waals surface area (Å²) in [5.41, 5.74) is 0.159. The number of likely N-dealkylation sites (N-methyl/N-ethyl adjacent to an activating group) is 1. The van der Waals surface area contributed by atoms with Gasteiger partial charge in [-0.2, -0.15) is 0 Å². The van der Waals surface area contributed by atoms with Gasteiger partial charge in [-0.05, 0) is 38.5 Å². The van der Waals surface area contributed by atoms with E-state index in [1.54, 1.807) is 11.9 Å². The normalized spacial score (nSPS) is 30.1. The third-order valence-electron chi connectivity index (χ3n) is 5.38. The van der Waals surface area contributed by atoms with Gasteiger partial charge < -0.3 is 10.2 Å². The molecule has 0 aromatic carbocycles. The highest BCUT2D eigenvalue weighted by Crippen LogP contribution is 2.39. The second-order valence-electron chi connectivity index (χ2n) is 9.32. The van der Waals surface area contributed by atoms with Gasteiger partial charge in [0, 0.05) is 32.1 Å². The number of hydrogen-bond donors (Lipinski definition) is 1. The van der Waals surface area contributed by atoms with Gasteiger partial charge in [-0.3, -0.25) is 14.5 Å². The van der Waals surface area contributed by atoms with Gasteiger partial charge >= 0.3 is 0 Å². The van der Waals surface area contributed by atoms with E-state index in [2.05, 4.69) is 51.8 Å². The van der Waals surface area contributed by atoms with E-state index in [0.29, 0.717) is 18.9 Å². The minimum absolute atomic E-state index is 0.0374. The number of amides is 2. The average Bonchev–Trinajstić information content (AvgIpc) is 2.93. The van der Waals surface area contributed by atoms with Crippen LogP contribution in [0.5, 0.6) is 0 Å². The molecular weight excluding hydrogens is 290 g/mol. The Bertz CT molecular complexity index is 476. The highest BCUT2D eigenvalue weighted by molar-refractivity contribution is 5.85. The zero-order valence-electron chi connectivity index (χ0n) is 15.8.